The lowest BCUT2D eigenvalue weighted by molar-refractivity contribution is -0.0377. The second-order valence-corrected chi connectivity index (χ2v) is 9.59. The minimum Gasteiger partial charge on any atom is -0.380 e. The molecule has 0 saturated carbocycles. The van der Waals surface area contributed by atoms with Crippen molar-refractivity contribution in [3.05, 3.63) is 34.7 Å². The van der Waals surface area contributed by atoms with E-state index in [2.05, 4.69) is 48.3 Å². The molecule has 4 nitrogen and oxygen atoms in total. The topological polar surface area (TPSA) is 41.6 Å². The van der Waals surface area contributed by atoms with Gasteiger partial charge in [-0.15, -0.1) is 11.3 Å². The summed E-state index contributed by atoms with van der Waals surface area (Å²) in [7, 11) is 0. The Morgan fingerprint density at radius 1 is 1.27 bits per heavy atom. The van der Waals surface area contributed by atoms with Gasteiger partial charge in [-0.2, -0.15) is 0 Å². The lowest BCUT2D eigenvalue weighted by Crippen LogP contribution is -2.69. The van der Waals surface area contributed by atoms with Crippen LogP contribution in [-0.2, 0) is 4.74 Å². The second-order valence-electron chi connectivity index (χ2n) is 8.54. The number of nitrogens with one attached hydrogen (secondary N) is 1. The molecule has 4 saturated heterocycles. The number of fused-ring (bicyclic) bond motifs is 4. The highest BCUT2D eigenvalue weighted by molar-refractivity contribution is 7.21. The SMILES string of the molecule is CC1(C)C(NC(=O)c2cc3cccc(C4COC4)c3s2)C2CCN1CC2. The second kappa shape index (κ2) is 6.04. The van der Waals surface area contributed by atoms with Crippen LogP contribution in [-0.4, -0.2) is 48.7 Å². The molecule has 0 spiro atoms. The number of amides is 1. The largest absolute Gasteiger partial charge is 0.380 e. The molecule has 1 aromatic heterocycles. The summed E-state index contributed by atoms with van der Waals surface area (Å²) in [5, 5.41) is 4.58. The van der Waals surface area contributed by atoms with Crippen LogP contribution in [0.25, 0.3) is 10.1 Å². The first-order valence-electron chi connectivity index (χ1n) is 9.70. The average Bonchev–Trinajstić information content (AvgIpc) is 3.02. The van der Waals surface area contributed by atoms with Crippen LogP contribution in [0, 0.1) is 5.92 Å². The molecular formula is C21H26N2O2S. The zero-order valence-electron chi connectivity index (χ0n) is 15.5. The van der Waals surface area contributed by atoms with E-state index in [0.29, 0.717) is 11.8 Å². The molecule has 0 radical (unpaired) electrons. The maximum absolute atomic E-state index is 13.1. The quantitative estimate of drug-likeness (QED) is 0.897. The zero-order valence-corrected chi connectivity index (χ0v) is 16.3. The summed E-state index contributed by atoms with van der Waals surface area (Å²) in [5.41, 5.74) is 1.38. The number of ether oxygens (including phenoxy) is 1. The zero-order chi connectivity index (χ0) is 17.9. The molecule has 5 heterocycles. The van der Waals surface area contributed by atoms with Crippen LogP contribution in [0.15, 0.2) is 24.3 Å². The van der Waals surface area contributed by atoms with Gasteiger partial charge in [0.15, 0.2) is 0 Å². The smallest absolute Gasteiger partial charge is 0.261 e. The normalized spacial score (nSPS) is 30.3. The molecule has 5 heteroatoms. The molecule has 4 aliphatic rings. The number of benzene rings is 1. The van der Waals surface area contributed by atoms with Gasteiger partial charge in [-0.1, -0.05) is 18.2 Å². The molecule has 1 aromatic carbocycles. The first-order valence-corrected chi connectivity index (χ1v) is 10.5. The van der Waals surface area contributed by atoms with Gasteiger partial charge >= 0.3 is 0 Å². The number of carbonyl (C=O) groups is 1. The van der Waals surface area contributed by atoms with Gasteiger partial charge in [0.1, 0.15) is 0 Å². The lowest BCUT2D eigenvalue weighted by atomic mass is 9.72. The number of thiophene rings is 1. The Hall–Kier alpha value is -1.43. The van der Waals surface area contributed by atoms with Crippen molar-refractivity contribution in [2.24, 2.45) is 5.92 Å². The molecule has 6 rings (SSSR count). The molecule has 138 valence electrons. The van der Waals surface area contributed by atoms with Crippen LogP contribution in [0.1, 0.15) is 47.8 Å². The predicted octanol–water partition coefficient (Wildman–Crippen LogP) is 3.62. The Balaban J connectivity index is 1.42. The first kappa shape index (κ1) is 16.7. The number of carbonyl (C=O) groups excluding carboxylic acids is 1. The van der Waals surface area contributed by atoms with Crippen LogP contribution in [0.2, 0.25) is 0 Å². The minimum absolute atomic E-state index is 0.0436. The van der Waals surface area contributed by atoms with E-state index in [-0.39, 0.29) is 17.5 Å². The van der Waals surface area contributed by atoms with Crippen molar-refractivity contribution >= 4 is 27.3 Å². The van der Waals surface area contributed by atoms with E-state index in [1.807, 2.05) is 0 Å². The molecule has 1 unspecified atom stereocenters. The summed E-state index contributed by atoms with van der Waals surface area (Å²) >= 11 is 1.64. The molecule has 2 bridgehead atoms. The summed E-state index contributed by atoms with van der Waals surface area (Å²) in [4.78, 5) is 16.4. The van der Waals surface area contributed by atoms with Crippen LogP contribution >= 0.6 is 11.3 Å². The Kier molecular flexibility index (Phi) is 3.89. The van der Waals surface area contributed by atoms with Crippen molar-refractivity contribution in [2.45, 2.75) is 44.2 Å². The standard InChI is InChI=1S/C21H26N2O2S/c1-21(2)19(13-6-8-23(21)9-7-13)22-20(24)17-10-14-4-3-5-16(18(14)26-17)15-11-25-12-15/h3-5,10,13,15,19H,6-9,11-12H2,1-2H3,(H,22,24). The summed E-state index contributed by atoms with van der Waals surface area (Å²) in [6.07, 6.45) is 2.40. The molecule has 4 fully saturated rings. The molecule has 1 atom stereocenters. The van der Waals surface area contributed by atoms with Crippen molar-refractivity contribution < 1.29 is 9.53 Å². The number of nitrogens with zero attached hydrogens (tertiary/aromatic N) is 1. The third kappa shape index (κ3) is 2.52. The summed E-state index contributed by atoms with van der Waals surface area (Å²) in [6, 6.07) is 8.70. The monoisotopic (exact) mass is 370 g/mol. The van der Waals surface area contributed by atoms with Gasteiger partial charge in [0.2, 0.25) is 0 Å². The molecule has 0 aliphatic carbocycles. The number of rotatable bonds is 3. The third-order valence-electron chi connectivity index (χ3n) is 6.75. The van der Waals surface area contributed by atoms with Crippen molar-refractivity contribution in [3.63, 3.8) is 0 Å². The van der Waals surface area contributed by atoms with Crippen LogP contribution in [0.4, 0.5) is 0 Å². The Morgan fingerprint density at radius 3 is 2.69 bits per heavy atom. The fourth-order valence-electron chi connectivity index (χ4n) is 5.02. The van der Waals surface area contributed by atoms with E-state index < -0.39 is 0 Å². The van der Waals surface area contributed by atoms with Crippen LogP contribution in [0.5, 0.6) is 0 Å². The highest BCUT2D eigenvalue weighted by atomic mass is 32.1. The van der Waals surface area contributed by atoms with Crippen molar-refractivity contribution in [3.8, 4) is 0 Å². The Labute approximate surface area is 158 Å². The van der Waals surface area contributed by atoms with E-state index in [9.17, 15) is 4.79 Å². The summed E-state index contributed by atoms with van der Waals surface area (Å²) < 4.78 is 6.61. The van der Waals surface area contributed by atoms with E-state index in [4.69, 9.17) is 4.74 Å². The molecule has 2 aromatic rings. The van der Waals surface area contributed by atoms with Gasteiger partial charge in [0, 0.05) is 22.2 Å². The highest BCUT2D eigenvalue weighted by Crippen LogP contribution is 2.40. The molecule has 4 aliphatic heterocycles. The molecule has 1 amide bonds. The fourth-order valence-corrected chi connectivity index (χ4v) is 6.18. The Bertz CT molecular complexity index is 847. The van der Waals surface area contributed by atoms with Gasteiger partial charge < -0.3 is 10.1 Å². The van der Waals surface area contributed by atoms with Crippen molar-refractivity contribution in [2.75, 3.05) is 26.3 Å². The molecular weight excluding hydrogens is 344 g/mol. The van der Waals surface area contributed by atoms with Crippen molar-refractivity contribution in [1.29, 1.82) is 0 Å². The van der Waals surface area contributed by atoms with Crippen LogP contribution < -0.4 is 5.32 Å². The summed E-state index contributed by atoms with van der Waals surface area (Å²) in [6.45, 7) is 8.49. The number of piperidine rings is 3. The number of hydrogen-bond donors (Lipinski definition) is 1. The number of hydrogen-bond acceptors (Lipinski definition) is 4. The van der Waals surface area contributed by atoms with Gasteiger partial charge in [-0.05, 0) is 62.7 Å². The third-order valence-corrected chi connectivity index (χ3v) is 7.95. The Morgan fingerprint density at radius 2 is 2.04 bits per heavy atom. The minimum atomic E-state index is 0.0436. The summed E-state index contributed by atoms with van der Waals surface area (Å²) in [5.74, 6) is 1.18. The van der Waals surface area contributed by atoms with Gasteiger partial charge in [0.05, 0.1) is 18.1 Å². The van der Waals surface area contributed by atoms with E-state index in [0.717, 1.165) is 18.1 Å². The first-order chi connectivity index (χ1) is 12.5. The van der Waals surface area contributed by atoms with E-state index >= 15 is 0 Å². The predicted molar refractivity (Wildman–Crippen MR) is 105 cm³/mol. The van der Waals surface area contributed by atoms with Gasteiger partial charge in [-0.3, -0.25) is 9.69 Å². The van der Waals surface area contributed by atoms with E-state index in [1.165, 1.54) is 41.6 Å². The molecule has 26 heavy (non-hydrogen) atoms. The van der Waals surface area contributed by atoms with E-state index in [1.54, 1.807) is 11.3 Å². The fraction of sp³-hybridized carbons (Fsp3) is 0.571. The average molecular weight is 371 g/mol. The molecule has 1 N–H and O–H groups in total. The van der Waals surface area contributed by atoms with Crippen LogP contribution in [0.3, 0.4) is 0 Å². The maximum Gasteiger partial charge on any atom is 0.261 e. The van der Waals surface area contributed by atoms with Crippen molar-refractivity contribution in [1.82, 2.24) is 10.2 Å². The van der Waals surface area contributed by atoms with Gasteiger partial charge in [-0.25, -0.2) is 0 Å². The highest BCUT2D eigenvalue weighted by Gasteiger charge is 2.48. The van der Waals surface area contributed by atoms with Gasteiger partial charge in [0.25, 0.3) is 5.91 Å². The lowest BCUT2D eigenvalue weighted by Gasteiger charge is -2.56. The maximum atomic E-state index is 13.1.